The molecule has 0 spiro atoms. The summed E-state index contributed by atoms with van der Waals surface area (Å²) < 4.78 is 11.6. The van der Waals surface area contributed by atoms with E-state index in [-0.39, 0.29) is 18.1 Å². The molecule has 3 heterocycles. The Bertz CT molecular complexity index is 1420. The molecular formula is C32H41N7O3. The lowest BCUT2D eigenvalue weighted by molar-refractivity contribution is -0.127. The van der Waals surface area contributed by atoms with Crippen LogP contribution in [0.25, 0.3) is 15.6 Å². The van der Waals surface area contributed by atoms with Crippen LogP contribution >= 0.6 is 0 Å². The summed E-state index contributed by atoms with van der Waals surface area (Å²) in [6, 6.07) is 15.2. The number of carbonyl (C=O) groups is 1. The molecule has 1 unspecified atom stereocenters. The van der Waals surface area contributed by atoms with E-state index in [0.29, 0.717) is 38.1 Å². The van der Waals surface area contributed by atoms with Crippen molar-refractivity contribution in [2.24, 2.45) is 0 Å². The second-order valence-electron chi connectivity index (χ2n) is 10.6. The molecule has 222 valence electrons. The summed E-state index contributed by atoms with van der Waals surface area (Å²) in [6.07, 6.45) is 2.13. The van der Waals surface area contributed by atoms with Crippen molar-refractivity contribution in [3.8, 4) is 6.01 Å². The molecule has 2 atom stereocenters. The fourth-order valence-corrected chi connectivity index (χ4v) is 5.36. The quantitative estimate of drug-likeness (QED) is 0.322. The number of anilines is 2. The van der Waals surface area contributed by atoms with Crippen LogP contribution in [0.3, 0.4) is 0 Å². The maximum absolute atomic E-state index is 11.2. The molecule has 1 saturated heterocycles. The van der Waals surface area contributed by atoms with Gasteiger partial charge in [-0.2, -0.15) is 9.97 Å². The summed E-state index contributed by atoms with van der Waals surface area (Å²) in [7, 11) is 2.09. The lowest BCUT2D eigenvalue weighted by Gasteiger charge is -2.32. The highest BCUT2D eigenvalue weighted by Crippen LogP contribution is 2.32. The van der Waals surface area contributed by atoms with Gasteiger partial charge in [-0.1, -0.05) is 43.0 Å². The van der Waals surface area contributed by atoms with Crippen molar-refractivity contribution in [3.05, 3.63) is 77.8 Å². The zero-order valence-electron chi connectivity index (χ0n) is 24.8. The maximum atomic E-state index is 11.2. The van der Waals surface area contributed by atoms with Gasteiger partial charge in [-0.3, -0.25) is 4.79 Å². The summed E-state index contributed by atoms with van der Waals surface area (Å²) in [6.45, 7) is 19.3. The number of benzene rings is 2. The monoisotopic (exact) mass is 571 g/mol. The first-order chi connectivity index (χ1) is 20.3. The first kappa shape index (κ1) is 30.8. The van der Waals surface area contributed by atoms with Crippen LogP contribution < -0.4 is 15.4 Å². The molecule has 0 bridgehead atoms. The highest BCUT2D eigenvalue weighted by Gasteiger charge is 2.24. The number of fused-ring (bicyclic) bond motifs is 2. The summed E-state index contributed by atoms with van der Waals surface area (Å²) in [5.74, 6) is 0.419. The Morgan fingerprint density at radius 2 is 2.07 bits per heavy atom. The lowest BCUT2D eigenvalue weighted by atomic mass is 10.0. The second kappa shape index (κ2) is 14.6. The normalized spacial score (nSPS) is 17.3. The number of aromatic nitrogens is 2. The summed E-state index contributed by atoms with van der Waals surface area (Å²) in [5.41, 5.74) is 9.46. The van der Waals surface area contributed by atoms with E-state index >= 15 is 0 Å². The van der Waals surface area contributed by atoms with Crippen molar-refractivity contribution in [1.29, 1.82) is 0 Å². The molecule has 10 heteroatoms. The van der Waals surface area contributed by atoms with Gasteiger partial charge in [0.05, 0.1) is 18.8 Å². The van der Waals surface area contributed by atoms with Crippen LogP contribution in [-0.2, 0) is 22.5 Å². The van der Waals surface area contributed by atoms with Gasteiger partial charge in [0.15, 0.2) is 0 Å². The van der Waals surface area contributed by atoms with Gasteiger partial charge in [0, 0.05) is 42.8 Å². The molecule has 2 N–H and O–H groups in total. The van der Waals surface area contributed by atoms with Crippen LogP contribution in [0, 0.1) is 6.57 Å². The van der Waals surface area contributed by atoms with E-state index in [9.17, 15) is 4.79 Å². The Morgan fingerprint density at radius 1 is 1.29 bits per heavy atom. The predicted octanol–water partition coefficient (Wildman–Crippen LogP) is 3.81. The molecule has 10 nitrogen and oxygen atoms in total. The van der Waals surface area contributed by atoms with Crippen molar-refractivity contribution < 1.29 is 14.3 Å². The van der Waals surface area contributed by atoms with E-state index in [1.807, 2.05) is 13.8 Å². The van der Waals surface area contributed by atoms with E-state index in [1.165, 1.54) is 22.5 Å². The Balaban J connectivity index is 0.000000288. The number of carbonyl (C=O) groups excluding carboxylic acids is 1. The summed E-state index contributed by atoms with van der Waals surface area (Å²) in [4.78, 5) is 29.7. The zero-order valence-corrected chi connectivity index (χ0v) is 24.8. The number of morpholine rings is 1. The van der Waals surface area contributed by atoms with Crippen molar-refractivity contribution in [2.75, 3.05) is 63.6 Å². The molecule has 0 aliphatic carbocycles. The van der Waals surface area contributed by atoms with E-state index in [0.717, 1.165) is 43.9 Å². The molecule has 0 saturated carbocycles. The van der Waals surface area contributed by atoms with E-state index in [4.69, 9.17) is 26.8 Å². The van der Waals surface area contributed by atoms with Crippen LogP contribution in [0.4, 0.5) is 11.5 Å². The molecule has 2 aliphatic rings. The minimum atomic E-state index is -0.103. The van der Waals surface area contributed by atoms with Crippen molar-refractivity contribution >= 4 is 28.2 Å². The number of nitrogens with two attached hydrogens (primary N) is 1. The van der Waals surface area contributed by atoms with Gasteiger partial charge in [0.1, 0.15) is 24.6 Å². The van der Waals surface area contributed by atoms with Crippen molar-refractivity contribution in [3.63, 3.8) is 0 Å². The molecule has 1 amide bonds. The van der Waals surface area contributed by atoms with Gasteiger partial charge in [-0.15, -0.1) is 0 Å². The predicted molar refractivity (Wildman–Crippen MR) is 166 cm³/mol. The average Bonchev–Trinajstić information content (AvgIpc) is 3.00. The number of likely N-dealkylation sites (N-methyl/N-ethyl adjacent to an activating group) is 2. The number of rotatable bonds is 8. The van der Waals surface area contributed by atoms with Crippen LogP contribution in [0.15, 0.2) is 55.1 Å². The molecule has 0 radical (unpaired) electrons. The smallest absolute Gasteiger partial charge is 0.318 e. The van der Waals surface area contributed by atoms with Gasteiger partial charge >= 0.3 is 6.01 Å². The Hall–Kier alpha value is -4.20. The minimum absolute atomic E-state index is 0.0157. The fourth-order valence-electron chi connectivity index (χ4n) is 5.36. The van der Waals surface area contributed by atoms with Gasteiger partial charge in [-0.05, 0) is 44.8 Å². The van der Waals surface area contributed by atoms with Crippen molar-refractivity contribution in [2.45, 2.75) is 39.0 Å². The topological polar surface area (TPSA) is 101 Å². The highest BCUT2D eigenvalue weighted by atomic mass is 16.5. The maximum Gasteiger partial charge on any atom is 0.318 e. The van der Waals surface area contributed by atoms with Gasteiger partial charge < -0.3 is 34.8 Å². The highest BCUT2D eigenvalue weighted by molar-refractivity contribution is 5.94. The number of hydrogen-bond acceptors (Lipinski definition) is 8. The third kappa shape index (κ3) is 7.55. The lowest BCUT2D eigenvalue weighted by Crippen LogP contribution is -2.42. The first-order valence-corrected chi connectivity index (χ1v) is 14.4. The number of nitrogens with zero attached hydrogens (tertiary/aromatic N) is 6. The van der Waals surface area contributed by atoms with Crippen LogP contribution in [0.5, 0.6) is 6.01 Å². The summed E-state index contributed by atoms with van der Waals surface area (Å²) in [5, 5.41) is 2.49. The molecule has 1 fully saturated rings. The standard InChI is InChI=1S/C23H27N5O2.C9H14N2O/c1-27-11-12-29-17(13-27)15-30-23-25-20-14-28(10-9-19(20)22(24)26-23)21-8-4-6-16-5-2-3-7-18(16)21;1-5-9(12)11(6-2)8(3)7-10-4/h2-8,17H,9-15H2,1H3,(H2,24,25,26);5,8H,1,6-7H2,2-3H3/t17-;/m1./s1. The summed E-state index contributed by atoms with van der Waals surface area (Å²) >= 11 is 0. The Kier molecular flexibility index (Phi) is 10.7. The fraction of sp³-hybridized carbons (Fsp3) is 0.438. The molecule has 1 aromatic heterocycles. The minimum Gasteiger partial charge on any atom is -0.461 e. The van der Waals surface area contributed by atoms with Crippen LogP contribution in [0.2, 0.25) is 0 Å². The number of hydrogen-bond donors (Lipinski definition) is 1. The third-order valence-corrected chi connectivity index (χ3v) is 7.61. The Labute approximate surface area is 248 Å². The first-order valence-electron chi connectivity index (χ1n) is 14.4. The number of nitrogen functional groups attached to an aromatic ring is 1. The molecular weight excluding hydrogens is 530 g/mol. The average molecular weight is 572 g/mol. The third-order valence-electron chi connectivity index (χ3n) is 7.61. The second-order valence-corrected chi connectivity index (χ2v) is 10.6. The van der Waals surface area contributed by atoms with Crippen molar-refractivity contribution in [1.82, 2.24) is 19.8 Å². The Morgan fingerprint density at radius 3 is 2.81 bits per heavy atom. The van der Waals surface area contributed by atoms with Gasteiger partial charge in [0.2, 0.25) is 12.5 Å². The molecule has 3 aromatic rings. The largest absolute Gasteiger partial charge is 0.461 e. The van der Waals surface area contributed by atoms with Gasteiger partial charge in [0.25, 0.3) is 0 Å². The van der Waals surface area contributed by atoms with E-state index < -0.39 is 0 Å². The SMILES string of the molecule is CN1CCO[C@@H](COc2nc(N)c3c(n2)CN(c2cccc4ccccc24)CC3)C1.[C-]#[N+]CC(C)N(CC)C(=O)C=C. The molecule has 42 heavy (non-hydrogen) atoms. The van der Waals surface area contributed by atoms with Crippen LogP contribution in [0.1, 0.15) is 25.1 Å². The number of amides is 1. The van der Waals surface area contributed by atoms with E-state index in [2.05, 4.69) is 75.7 Å². The van der Waals surface area contributed by atoms with Gasteiger partial charge in [-0.25, -0.2) is 6.57 Å². The number of ether oxygens (including phenoxy) is 2. The molecule has 5 rings (SSSR count). The molecule has 2 aliphatic heterocycles. The van der Waals surface area contributed by atoms with E-state index in [1.54, 1.807) is 4.90 Å². The molecule has 2 aromatic carbocycles. The van der Waals surface area contributed by atoms with Crippen LogP contribution in [-0.4, -0.2) is 90.8 Å². The zero-order chi connectivity index (χ0) is 30.1.